The van der Waals surface area contributed by atoms with E-state index in [9.17, 15) is 0 Å². The van der Waals surface area contributed by atoms with Gasteiger partial charge in [0.05, 0.1) is 22.1 Å². The fourth-order valence-corrected chi connectivity index (χ4v) is 9.31. The number of fused-ring (bicyclic) bond motifs is 6. The molecule has 1 heterocycles. The van der Waals surface area contributed by atoms with Gasteiger partial charge in [-0.2, -0.15) is 0 Å². The first kappa shape index (κ1) is 32.8. The summed E-state index contributed by atoms with van der Waals surface area (Å²) >= 11 is 0. The van der Waals surface area contributed by atoms with E-state index in [-0.39, 0.29) is 0 Å². The highest BCUT2D eigenvalue weighted by Gasteiger charge is 2.46. The Morgan fingerprint density at radius 1 is 0.404 bits per heavy atom. The predicted octanol–water partition coefficient (Wildman–Crippen LogP) is 13.9. The number of hydrogen-bond acceptors (Lipinski definition) is 1. The summed E-state index contributed by atoms with van der Waals surface area (Å²) in [7, 11) is 0. The molecule has 57 heavy (non-hydrogen) atoms. The molecule has 0 saturated carbocycles. The fraction of sp³-hybridized carbons (Fsp3) is 0.0182. The van der Waals surface area contributed by atoms with Gasteiger partial charge in [0.1, 0.15) is 0 Å². The van der Waals surface area contributed by atoms with Crippen molar-refractivity contribution in [3.8, 4) is 27.9 Å². The zero-order valence-corrected chi connectivity index (χ0v) is 31.2. The zero-order valence-electron chi connectivity index (χ0n) is 31.2. The summed E-state index contributed by atoms with van der Waals surface area (Å²) < 4.78 is 2.32. The van der Waals surface area contributed by atoms with Gasteiger partial charge in [-0.05, 0) is 111 Å². The van der Waals surface area contributed by atoms with Crippen LogP contribution in [0.1, 0.15) is 22.3 Å². The molecule has 0 fully saturated rings. The molecule has 0 bridgehead atoms. The fourth-order valence-electron chi connectivity index (χ4n) is 9.31. The van der Waals surface area contributed by atoms with Crippen LogP contribution < -0.4 is 4.90 Å². The van der Waals surface area contributed by atoms with Crippen molar-refractivity contribution in [1.82, 2.24) is 4.57 Å². The summed E-state index contributed by atoms with van der Waals surface area (Å²) in [6.45, 7) is 0. The Hall–Kier alpha value is -7.60. The van der Waals surface area contributed by atoms with E-state index in [1.807, 2.05) is 12.1 Å². The number of hydrogen-bond donors (Lipinski definition) is 0. The molecule has 1 aliphatic carbocycles. The summed E-state index contributed by atoms with van der Waals surface area (Å²) in [4.78, 5) is 2.39. The predicted molar refractivity (Wildman–Crippen MR) is 236 cm³/mol. The Morgan fingerprint density at radius 2 is 1.00 bits per heavy atom. The summed E-state index contributed by atoms with van der Waals surface area (Å²) in [6.07, 6.45) is 0. The van der Waals surface area contributed by atoms with Crippen LogP contribution in [-0.2, 0) is 5.41 Å². The molecule has 266 valence electrons. The number of nitrogens with zero attached hydrogens (tertiary/aromatic N) is 2. The normalized spacial score (nSPS) is 12.6. The molecular weight excluding hydrogens is 689 g/mol. The van der Waals surface area contributed by atoms with Crippen LogP contribution in [0.25, 0.3) is 49.7 Å². The van der Waals surface area contributed by atoms with E-state index in [1.165, 1.54) is 66.3 Å². The van der Waals surface area contributed by atoms with Gasteiger partial charge in [-0.3, -0.25) is 0 Å². The van der Waals surface area contributed by atoms with Crippen molar-refractivity contribution in [2.45, 2.75) is 5.41 Å². The Balaban J connectivity index is 1.05. The monoisotopic (exact) mass is 724 g/mol. The van der Waals surface area contributed by atoms with Crippen molar-refractivity contribution < 1.29 is 0 Å². The lowest BCUT2D eigenvalue weighted by atomic mass is 9.67. The third-order valence-electron chi connectivity index (χ3n) is 11.7. The van der Waals surface area contributed by atoms with Gasteiger partial charge in [-0.15, -0.1) is 0 Å². The Bertz CT molecular complexity index is 3000. The standard InChI is InChI=1S/C55H36N2/c1-5-17-41(18-6-1)55(42-19-7-2-8-20-42)51-27-15-13-25-47(51)48-35-34-46(38-52(48)55)56(43-21-9-3-10-22-43)45-32-29-39(30-33-45)40-31-36-54-50(37-40)49-26-14-16-28-53(49)57(54)44-23-11-4-12-24-44/h1-3,5-11,13-38H. The van der Waals surface area contributed by atoms with Gasteiger partial charge in [-0.25, -0.2) is 0 Å². The smallest absolute Gasteiger partial charge is 0.0714 e. The van der Waals surface area contributed by atoms with E-state index in [4.69, 9.17) is 0 Å². The number of aromatic nitrogens is 1. The SMILES string of the molecule is c1ccc(-n2c3ccccc3c3cc(-c4ccc(N(c5ccccc5)c5ccc6c(c5)C(c5ccccc5)(c5ccccc5)c5ccccc5-6)cc4)ccc32)cc#1. The van der Waals surface area contributed by atoms with Crippen molar-refractivity contribution in [1.29, 1.82) is 0 Å². The molecule has 0 spiro atoms. The van der Waals surface area contributed by atoms with Gasteiger partial charge in [0.25, 0.3) is 0 Å². The first-order valence-electron chi connectivity index (χ1n) is 19.5. The summed E-state index contributed by atoms with van der Waals surface area (Å²) in [6, 6.07) is 85.5. The van der Waals surface area contributed by atoms with Crippen LogP contribution in [-0.4, -0.2) is 4.57 Å². The quantitative estimate of drug-likeness (QED) is 0.159. The van der Waals surface area contributed by atoms with Gasteiger partial charge in [0, 0.05) is 33.9 Å². The topological polar surface area (TPSA) is 8.17 Å². The molecule has 0 aliphatic heterocycles. The average Bonchev–Trinajstić information content (AvgIpc) is 3.78. The summed E-state index contributed by atoms with van der Waals surface area (Å²) in [5.74, 6) is 0. The van der Waals surface area contributed by atoms with Crippen molar-refractivity contribution in [3.05, 3.63) is 253 Å². The van der Waals surface area contributed by atoms with Crippen LogP contribution >= 0.6 is 0 Å². The lowest BCUT2D eigenvalue weighted by molar-refractivity contribution is 0.768. The van der Waals surface area contributed by atoms with Crippen molar-refractivity contribution >= 4 is 38.9 Å². The third-order valence-corrected chi connectivity index (χ3v) is 11.7. The lowest BCUT2D eigenvalue weighted by Crippen LogP contribution is -2.28. The van der Waals surface area contributed by atoms with Gasteiger partial charge >= 0.3 is 0 Å². The molecule has 0 radical (unpaired) electrons. The minimum absolute atomic E-state index is 0.477. The first-order valence-corrected chi connectivity index (χ1v) is 19.5. The zero-order chi connectivity index (χ0) is 37.8. The van der Waals surface area contributed by atoms with E-state index in [2.05, 4.69) is 228 Å². The minimum Gasteiger partial charge on any atom is -0.310 e. The molecule has 1 aliphatic rings. The Kier molecular flexibility index (Phi) is 7.66. The molecule has 0 N–H and O–H groups in total. The molecule has 0 atom stereocenters. The maximum absolute atomic E-state index is 3.14. The van der Waals surface area contributed by atoms with Gasteiger partial charge in [0.2, 0.25) is 0 Å². The van der Waals surface area contributed by atoms with Crippen LogP contribution in [0.4, 0.5) is 17.1 Å². The lowest BCUT2D eigenvalue weighted by Gasteiger charge is -2.35. The molecule has 0 saturated heterocycles. The van der Waals surface area contributed by atoms with E-state index in [0.29, 0.717) is 0 Å². The molecule has 9 aromatic carbocycles. The van der Waals surface area contributed by atoms with E-state index >= 15 is 0 Å². The molecule has 1 aromatic heterocycles. The molecular formula is C55H36N2. The summed E-state index contributed by atoms with van der Waals surface area (Å²) in [5, 5.41) is 2.46. The van der Waals surface area contributed by atoms with Crippen molar-refractivity contribution in [3.63, 3.8) is 0 Å². The number of rotatable bonds is 7. The van der Waals surface area contributed by atoms with Gasteiger partial charge in [0.15, 0.2) is 0 Å². The highest BCUT2D eigenvalue weighted by Crippen LogP contribution is 2.57. The van der Waals surface area contributed by atoms with E-state index in [1.54, 1.807) is 0 Å². The van der Waals surface area contributed by atoms with E-state index < -0.39 is 5.41 Å². The molecule has 10 aromatic rings. The maximum atomic E-state index is 3.14. The third kappa shape index (κ3) is 5.14. The highest BCUT2D eigenvalue weighted by molar-refractivity contribution is 6.10. The molecule has 0 amide bonds. The molecule has 11 rings (SSSR count). The van der Waals surface area contributed by atoms with E-state index in [0.717, 1.165) is 22.7 Å². The van der Waals surface area contributed by atoms with Crippen molar-refractivity contribution in [2.24, 2.45) is 0 Å². The number of benzene rings is 8. The number of para-hydroxylation sites is 2. The van der Waals surface area contributed by atoms with Gasteiger partial charge < -0.3 is 9.47 Å². The first-order chi connectivity index (χ1) is 28.3. The van der Waals surface area contributed by atoms with Gasteiger partial charge in [-0.1, -0.05) is 158 Å². The van der Waals surface area contributed by atoms with Crippen LogP contribution in [0.3, 0.4) is 0 Å². The van der Waals surface area contributed by atoms with Crippen LogP contribution in [0, 0.1) is 12.1 Å². The van der Waals surface area contributed by atoms with Crippen molar-refractivity contribution in [2.75, 3.05) is 4.90 Å². The molecule has 0 unspecified atom stereocenters. The molecule has 2 heteroatoms. The minimum atomic E-state index is -0.477. The average molecular weight is 725 g/mol. The Labute approximate surface area is 333 Å². The second-order valence-corrected chi connectivity index (χ2v) is 14.8. The van der Waals surface area contributed by atoms with Crippen LogP contribution in [0.2, 0.25) is 0 Å². The highest BCUT2D eigenvalue weighted by atomic mass is 15.1. The second-order valence-electron chi connectivity index (χ2n) is 14.8. The second kappa shape index (κ2) is 13.3. The largest absolute Gasteiger partial charge is 0.310 e. The van der Waals surface area contributed by atoms with Crippen LogP contribution in [0.5, 0.6) is 0 Å². The molecule has 2 nitrogen and oxygen atoms in total. The number of anilines is 3. The van der Waals surface area contributed by atoms with Crippen LogP contribution in [0.15, 0.2) is 218 Å². The maximum Gasteiger partial charge on any atom is 0.0714 e. The summed E-state index contributed by atoms with van der Waals surface area (Å²) in [5.41, 5.74) is 16.3. The Morgan fingerprint density at radius 3 is 1.74 bits per heavy atom.